The fourth-order valence-electron chi connectivity index (χ4n) is 4.03. The minimum Gasteiger partial charge on any atom is -0.355 e. The summed E-state index contributed by atoms with van der Waals surface area (Å²) >= 11 is 0. The molecule has 8 nitrogen and oxygen atoms in total. The van der Waals surface area contributed by atoms with Crippen LogP contribution < -0.4 is 10.6 Å². The molecule has 3 aromatic rings. The van der Waals surface area contributed by atoms with Crippen LogP contribution in [-0.2, 0) is 0 Å². The molecule has 4 rings (SSSR count). The van der Waals surface area contributed by atoms with Gasteiger partial charge >= 0.3 is 0 Å². The first-order valence-corrected chi connectivity index (χ1v) is 10.3. The summed E-state index contributed by atoms with van der Waals surface area (Å²) in [6, 6.07) is 6.28. The topological polar surface area (TPSA) is 92.1 Å². The third-order valence-electron chi connectivity index (χ3n) is 5.59. The molecule has 0 radical (unpaired) electrons. The van der Waals surface area contributed by atoms with Gasteiger partial charge in [0.15, 0.2) is 0 Å². The lowest BCUT2D eigenvalue weighted by Crippen LogP contribution is -2.25. The summed E-state index contributed by atoms with van der Waals surface area (Å²) < 4.78 is 16.3. The van der Waals surface area contributed by atoms with Gasteiger partial charge in [0, 0.05) is 44.5 Å². The number of carbonyl (C=O) groups is 2. The number of benzene rings is 1. The molecule has 0 saturated heterocycles. The molecule has 0 unspecified atom stereocenters. The molecular formula is C22H25FN6O2. The molecule has 2 heterocycles. The van der Waals surface area contributed by atoms with E-state index in [2.05, 4.69) is 20.6 Å². The standard InChI is InChI=1S/C22H25FN6O2/c1-24-20(30)16-9-8-14(11-17(16)23)26-22-25-12-13-10-18(21(31)28(2)3)29(19(13)27-22)15-6-4-5-7-15/h8-12,15H,4-7H2,1-3H3,(H,24,30)(H,25,26,27). The molecule has 9 heteroatoms. The molecule has 1 aliphatic carbocycles. The summed E-state index contributed by atoms with van der Waals surface area (Å²) in [4.78, 5) is 35.0. The van der Waals surface area contributed by atoms with Crippen molar-refractivity contribution in [2.75, 3.05) is 26.5 Å². The van der Waals surface area contributed by atoms with Gasteiger partial charge in [0.25, 0.3) is 11.8 Å². The largest absolute Gasteiger partial charge is 0.355 e. The van der Waals surface area contributed by atoms with E-state index in [0.29, 0.717) is 23.0 Å². The highest BCUT2D eigenvalue weighted by Crippen LogP contribution is 2.35. The van der Waals surface area contributed by atoms with Crippen LogP contribution in [0.5, 0.6) is 0 Å². The number of halogens is 1. The highest BCUT2D eigenvalue weighted by Gasteiger charge is 2.26. The van der Waals surface area contributed by atoms with Crippen LogP contribution in [0.15, 0.2) is 30.5 Å². The second kappa shape index (κ2) is 8.33. The minimum absolute atomic E-state index is 0.0358. The first kappa shape index (κ1) is 20.8. The summed E-state index contributed by atoms with van der Waals surface area (Å²) in [6.45, 7) is 0. The van der Waals surface area contributed by atoms with Crippen molar-refractivity contribution in [3.05, 3.63) is 47.5 Å². The molecule has 1 aliphatic rings. The highest BCUT2D eigenvalue weighted by atomic mass is 19.1. The number of nitrogens with zero attached hydrogens (tertiary/aromatic N) is 4. The number of anilines is 2. The second-order valence-electron chi connectivity index (χ2n) is 7.91. The van der Waals surface area contributed by atoms with Crippen LogP contribution >= 0.6 is 0 Å². The van der Waals surface area contributed by atoms with Crippen LogP contribution in [0.1, 0.15) is 52.6 Å². The number of hydrogen-bond acceptors (Lipinski definition) is 5. The Kier molecular flexibility index (Phi) is 5.58. The van der Waals surface area contributed by atoms with Gasteiger partial charge in [-0.25, -0.2) is 9.37 Å². The van der Waals surface area contributed by atoms with Crippen LogP contribution in [0.4, 0.5) is 16.0 Å². The maximum Gasteiger partial charge on any atom is 0.270 e. The van der Waals surface area contributed by atoms with Gasteiger partial charge in [-0.3, -0.25) is 9.59 Å². The summed E-state index contributed by atoms with van der Waals surface area (Å²) in [6.07, 6.45) is 5.89. The van der Waals surface area contributed by atoms with E-state index in [1.54, 1.807) is 31.3 Å². The van der Waals surface area contributed by atoms with E-state index in [0.717, 1.165) is 31.1 Å². The Balaban J connectivity index is 1.72. The summed E-state index contributed by atoms with van der Waals surface area (Å²) in [5, 5.41) is 6.18. The van der Waals surface area contributed by atoms with Crippen molar-refractivity contribution in [3.8, 4) is 0 Å². The number of fused-ring (bicyclic) bond motifs is 1. The number of amides is 2. The van der Waals surface area contributed by atoms with Crippen LogP contribution in [-0.4, -0.2) is 52.4 Å². The van der Waals surface area contributed by atoms with E-state index >= 15 is 0 Å². The van der Waals surface area contributed by atoms with E-state index in [-0.39, 0.29) is 17.5 Å². The summed E-state index contributed by atoms with van der Waals surface area (Å²) in [5.74, 6) is -0.917. The van der Waals surface area contributed by atoms with E-state index in [4.69, 9.17) is 0 Å². The molecule has 1 aromatic carbocycles. The van der Waals surface area contributed by atoms with E-state index < -0.39 is 11.7 Å². The van der Waals surface area contributed by atoms with Gasteiger partial charge in [0.1, 0.15) is 17.2 Å². The van der Waals surface area contributed by atoms with Gasteiger partial charge in [-0.15, -0.1) is 0 Å². The molecule has 0 bridgehead atoms. The molecule has 1 saturated carbocycles. The van der Waals surface area contributed by atoms with Gasteiger partial charge in [-0.05, 0) is 37.1 Å². The van der Waals surface area contributed by atoms with Crippen LogP contribution in [0.25, 0.3) is 11.0 Å². The quantitative estimate of drug-likeness (QED) is 0.654. The third-order valence-corrected chi connectivity index (χ3v) is 5.59. The Morgan fingerprint density at radius 1 is 1.19 bits per heavy atom. The Morgan fingerprint density at radius 3 is 2.58 bits per heavy atom. The zero-order valence-electron chi connectivity index (χ0n) is 17.8. The van der Waals surface area contributed by atoms with Crippen molar-refractivity contribution < 1.29 is 14.0 Å². The van der Waals surface area contributed by atoms with Crippen LogP contribution in [0, 0.1) is 5.82 Å². The van der Waals surface area contributed by atoms with Crippen molar-refractivity contribution in [1.82, 2.24) is 24.8 Å². The average molecular weight is 424 g/mol. The molecule has 162 valence electrons. The number of rotatable bonds is 5. The van der Waals surface area contributed by atoms with Crippen molar-refractivity contribution in [2.24, 2.45) is 0 Å². The molecule has 2 amide bonds. The SMILES string of the molecule is CNC(=O)c1ccc(Nc2ncc3cc(C(=O)N(C)C)n(C4CCCC4)c3n2)cc1F. The Hall–Kier alpha value is -3.49. The fourth-order valence-corrected chi connectivity index (χ4v) is 4.03. The Morgan fingerprint density at radius 2 is 1.94 bits per heavy atom. The first-order chi connectivity index (χ1) is 14.9. The van der Waals surface area contributed by atoms with Gasteiger partial charge in [-0.1, -0.05) is 12.8 Å². The first-order valence-electron chi connectivity index (χ1n) is 10.3. The maximum atomic E-state index is 14.3. The van der Waals surface area contributed by atoms with E-state index in [9.17, 15) is 14.0 Å². The molecule has 2 aromatic heterocycles. The zero-order valence-corrected chi connectivity index (χ0v) is 17.8. The molecule has 2 N–H and O–H groups in total. The molecule has 31 heavy (non-hydrogen) atoms. The smallest absolute Gasteiger partial charge is 0.270 e. The number of hydrogen-bond donors (Lipinski definition) is 2. The predicted molar refractivity (Wildman–Crippen MR) is 116 cm³/mol. The lowest BCUT2D eigenvalue weighted by molar-refractivity contribution is 0.0815. The van der Waals surface area contributed by atoms with Gasteiger partial charge in [0.2, 0.25) is 5.95 Å². The maximum absolute atomic E-state index is 14.3. The average Bonchev–Trinajstić information content (AvgIpc) is 3.40. The number of carbonyl (C=O) groups excluding carboxylic acids is 2. The van der Waals surface area contributed by atoms with E-state index in [1.165, 1.54) is 19.2 Å². The van der Waals surface area contributed by atoms with Crippen molar-refractivity contribution in [2.45, 2.75) is 31.7 Å². The van der Waals surface area contributed by atoms with Crippen LogP contribution in [0.3, 0.4) is 0 Å². The van der Waals surface area contributed by atoms with Gasteiger partial charge in [0.05, 0.1) is 5.56 Å². The monoisotopic (exact) mass is 424 g/mol. The third kappa shape index (κ3) is 3.95. The van der Waals surface area contributed by atoms with Gasteiger partial charge in [-0.2, -0.15) is 4.98 Å². The van der Waals surface area contributed by atoms with E-state index in [1.807, 2.05) is 10.6 Å². The molecule has 0 atom stereocenters. The summed E-state index contributed by atoms with van der Waals surface area (Å²) in [7, 11) is 4.91. The Bertz CT molecular complexity index is 1150. The highest BCUT2D eigenvalue weighted by molar-refractivity contribution is 5.98. The second-order valence-corrected chi connectivity index (χ2v) is 7.91. The minimum atomic E-state index is -0.640. The predicted octanol–water partition coefficient (Wildman–Crippen LogP) is 3.49. The molecule has 1 fully saturated rings. The van der Waals surface area contributed by atoms with Crippen LogP contribution in [0.2, 0.25) is 0 Å². The van der Waals surface area contributed by atoms with Crippen molar-refractivity contribution in [3.63, 3.8) is 0 Å². The summed E-state index contributed by atoms with van der Waals surface area (Å²) in [5.41, 5.74) is 1.66. The Labute approximate surface area is 179 Å². The van der Waals surface area contributed by atoms with Crippen molar-refractivity contribution in [1.29, 1.82) is 0 Å². The van der Waals surface area contributed by atoms with Crippen molar-refractivity contribution >= 4 is 34.5 Å². The lowest BCUT2D eigenvalue weighted by Gasteiger charge is -2.19. The molecular weight excluding hydrogens is 399 g/mol. The molecule has 0 spiro atoms. The zero-order chi connectivity index (χ0) is 22.1. The van der Waals surface area contributed by atoms with Gasteiger partial charge < -0.3 is 20.1 Å². The number of aromatic nitrogens is 3. The number of nitrogens with one attached hydrogen (secondary N) is 2. The lowest BCUT2D eigenvalue weighted by atomic mass is 10.2. The fraction of sp³-hybridized carbons (Fsp3) is 0.364. The molecule has 0 aliphatic heterocycles. The normalized spacial score (nSPS) is 14.1.